The highest BCUT2D eigenvalue weighted by Crippen LogP contribution is 2.44. The molecule has 3 aromatic rings. The van der Waals surface area contributed by atoms with Gasteiger partial charge in [-0.1, -0.05) is 60.4 Å². The number of rotatable bonds is 4. The summed E-state index contributed by atoms with van der Waals surface area (Å²) < 4.78 is 5.50. The third-order valence-electron chi connectivity index (χ3n) is 5.11. The average molecular weight is 392 g/mol. The van der Waals surface area contributed by atoms with E-state index in [2.05, 4.69) is 47.5 Å². The first-order valence-corrected chi connectivity index (χ1v) is 9.84. The number of hydrogen-bond donors (Lipinski definition) is 1. The monoisotopic (exact) mass is 392 g/mol. The van der Waals surface area contributed by atoms with Crippen molar-refractivity contribution in [3.63, 3.8) is 0 Å². The molecule has 4 heteroatoms. The molecule has 0 atom stereocenters. The highest BCUT2D eigenvalue weighted by atomic mass is 16.5. The van der Waals surface area contributed by atoms with E-state index in [1.807, 2.05) is 36.4 Å². The van der Waals surface area contributed by atoms with Gasteiger partial charge < -0.3 is 10.1 Å². The molecule has 4 rings (SSSR count). The molecule has 0 fully saturated rings. The Bertz CT molecular complexity index is 1120. The van der Waals surface area contributed by atoms with Gasteiger partial charge in [-0.15, -0.1) is 0 Å². The molecule has 1 N–H and O–H groups in total. The zero-order chi connectivity index (χ0) is 20.8. The molecule has 0 saturated carbocycles. The number of fused-ring (bicyclic) bond motifs is 3. The zero-order valence-electron chi connectivity index (χ0n) is 16.4. The van der Waals surface area contributed by atoms with Crippen LogP contribution in [0.2, 0.25) is 0 Å². The van der Waals surface area contributed by atoms with Gasteiger partial charge in [0, 0.05) is 24.4 Å². The standard InChI is InChI=1S/C26H20N2O2/c27-17-20-14-12-19(13-15-20)7-5-6-16-28-26(29)30-18-25-23-10-3-1-8-21(23)22-9-2-4-11-24(22)25/h1-4,8-15,25H,6,16,18H2,(H,28,29). The minimum absolute atomic E-state index is 0.0549. The van der Waals surface area contributed by atoms with E-state index in [-0.39, 0.29) is 5.92 Å². The van der Waals surface area contributed by atoms with Crippen LogP contribution in [-0.4, -0.2) is 19.2 Å². The number of benzene rings is 3. The van der Waals surface area contributed by atoms with Crippen LogP contribution in [-0.2, 0) is 4.74 Å². The fourth-order valence-corrected chi connectivity index (χ4v) is 3.67. The van der Waals surface area contributed by atoms with E-state index in [0.717, 1.165) is 5.56 Å². The molecule has 30 heavy (non-hydrogen) atoms. The molecule has 0 unspecified atom stereocenters. The van der Waals surface area contributed by atoms with Crippen molar-refractivity contribution >= 4 is 6.09 Å². The number of carbonyl (C=O) groups is 1. The summed E-state index contributed by atoms with van der Waals surface area (Å²) in [4.78, 5) is 12.1. The Hall–Kier alpha value is -4.02. The molecule has 0 aliphatic heterocycles. The summed E-state index contributed by atoms with van der Waals surface area (Å²) in [5, 5.41) is 11.6. The molecule has 1 aliphatic carbocycles. The van der Waals surface area contributed by atoms with E-state index in [1.165, 1.54) is 22.3 Å². The molecular formula is C26H20N2O2. The van der Waals surface area contributed by atoms with Crippen molar-refractivity contribution in [3.8, 4) is 29.0 Å². The summed E-state index contributed by atoms with van der Waals surface area (Å²) in [7, 11) is 0. The first-order valence-electron chi connectivity index (χ1n) is 9.84. The average Bonchev–Trinajstić information content (AvgIpc) is 3.12. The first-order chi connectivity index (χ1) is 14.8. The lowest BCUT2D eigenvalue weighted by Crippen LogP contribution is -2.26. The van der Waals surface area contributed by atoms with E-state index in [4.69, 9.17) is 10.00 Å². The summed E-state index contributed by atoms with van der Waals surface area (Å²) in [5.41, 5.74) is 6.26. The summed E-state index contributed by atoms with van der Waals surface area (Å²) in [6, 6.07) is 25.7. The van der Waals surface area contributed by atoms with Crippen molar-refractivity contribution < 1.29 is 9.53 Å². The predicted molar refractivity (Wildman–Crippen MR) is 116 cm³/mol. The van der Waals surface area contributed by atoms with Gasteiger partial charge in [-0.25, -0.2) is 4.79 Å². The maximum Gasteiger partial charge on any atom is 0.407 e. The fraction of sp³-hybridized carbons (Fsp3) is 0.154. The van der Waals surface area contributed by atoms with Gasteiger partial charge in [0.05, 0.1) is 11.6 Å². The second-order valence-corrected chi connectivity index (χ2v) is 6.99. The molecule has 146 valence electrons. The quantitative estimate of drug-likeness (QED) is 0.511. The van der Waals surface area contributed by atoms with Crippen molar-refractivity contribution in [2.24, 2.45) is 0 Å². The van der Waals surface area contributed by atoms with Gasteiger partial charge in [0.2, 0.25) is 0 Å². The van der Waals surface area contributed by atoms with Crippen molar-refractivity contribution in [1.82, 2.24) is 5.32 Å². The number of ether oxygens (including phenoxy) is 1. The molecule has 3 aromatic carbocycles. The maximum atomic E-state index is 12.1. The molecule has 0 heterocycles. The molecule has 0 saturated heterocycles. The van der Waals surface area contributed by atoms with E-state index in [1.54, 1.807) is 12.1 Å². The fourth-order valence-electron chi connectivity index (χ4n) is 3.67. The van der Waals surface area contributed by atoms with Crippen LogP contribution in [0.3, 0.4) is 0 Å². The van der Waals surface area contributed by atoms with Crippen LogP contribution in [0.25, 0.3) is 11.1 Å². The Morgan fingerprint density at radius 3 is 2.13 bits per heavy atom. The van der Waals surface area contributed by atoms with Crippen LogP contribution < -0.4 is 5.32 Å². The smallest absolute Gasteiger partial charge is 0.407 e. The van der Waals surface area contributed by atoms with Crippen molar-refractivity contribution in [1.29, 1.82) is 5.26 Å². The van der Waals surface area contributed by atoms with E-state index >= 15 is 0 Å². The molecule has 0 bridgehead atoms. The van der Waals surface area contributed by atoms with Crippen molar-refractivity contribution in [2.75, 3.05) is 13.2 Å². The van der Waals surface area contributed by atoms with Gasteiger partial charge in [-0.05, 0) is 46.5 Å². The van der Waals surface area contributed by atoms with Gasteiger partial charge in [-0.2, -0.15) is 5.26 Å². The topological polar surface area (TPSA) is 62.1 Å². The molecule has 0 spiro atoms. The SMILES string of the molecule is N#Cc1ccc(C#CCCNC(=O)OCC2c3ccccc3-c3ccccc32)cc1. The van der Waals surface area contributed by atoms with E-state index < -0.39 is 6.09 Å². The minimum Gasteiger partial charge on any atom is -0.449 e. The summed E-state index contributed by atoms with van der Waals surface area (Å²) in [6.07, 6.45) is 0.0848. The lowest BCUT2D eigenvalue weighted by Gasteiger charge is -2.14. The van der Waals surface area contributed by atoms with Crippen molar-refractivity contribution in [2.45, 2.75) is 12.3 Å². The zero-order valence-corrected chi connectivity index (χ0v) is 16.4. The summed E-state index contributed by atoms with van der Waals surface area (Å²) in [5.74, 6) is 6.09. The Morgan fingerprint density at radius 2 is 1.50 bits per heavy atom. The third kappa shape index (κ3) is 4.19. The number of amides is 1. The third-order valence-corrected chi connectivity index (χ3v) is 5.11. The minimum atomic E-state index is -0.433. The molecule has 1 aliphatic rings. The van der Waals surface area contributed by atoms with Crippen LogP contribution in [0.4, 0.5) is 4.79 Å². The van der Waals surface area contributed by atoms with Gasteiger partial charge in [-0.3, -0.25) is 0 Å². The highest BCUT2D eigenvalue weighted by molar-refractivity contribution is 5.79. The molecular weight excluding hydrogens is 372 g/mol. The number of nitrogens with zero attached hydrogens (tertiary/aromatic N) is 1. The Balaban J connectivity index is 1.28. The highest BCUT2D eigenvalue weighted by Gasteiger charge is 2.28. The molecule has 0 aromatic heterocycles. The second kappa shape index (κ2) is 8.99. The predicted octanol–water partition coefficient (Wildman–Crippen LogP) is 4.84. The second-order valence-electron chi connectivity index (χ2n) is 6.99. The first kappa shape index (κ1) is 19.3. The largest absolute Gasteiger partial charge is 0.449 e. The molecule has 4 nitrogen and oxygen atoms in total. The normalized spacial score (nSPS) is 11.4. The lowest BCUT2D eigenvalue weighted by molar-refractivity contribution is 0.143. The van der Waals surface area contributed by atoms with Gasteiger partial charge in [0.1, 0.15) is 6.61 Å². The van der Waals surface area contributed by atoms with E-state index in [9.17, 15) is 4.79 Å². The molecule has 0 radical (unpaired) electrons. The number of alkyl carbamates (subject to hydrolysis) is 1. The Kier molecular flexibility index (Phi) is 5.78. The Morgan fingerprint density at radius 1 is 0.900 bits per heavy atom. The summed E-state index contributed by atoms with van der Waals surface area (Å²) in [6.45, 7) is 0.719. The van der Waals surface area contributed by atoms with Crippen LogP contribution in [0.1, 0.15) is 34.6 Å². The number of nitrogens with one attached hydrogen (secondary N) is 1. The van der Waals surface area contributed by atoms with Crippen LogP contribution >= 0.6 is 0 Å². The molecule has 1 amide bonds. The maximum absolute atomic E-state index is 12.1. The van der Waals surface area contributed by atoms with Crippen molar-refractivity contribution in [3.05, 3.63) is 95.1 Å². The number of hydrogen-bond acceptors (Lipinski definition) is 3. The van der Waals surface area contributed by atoms with Crippen LogP contribution in [0, 0.1) is 23.2 Å². The van der Waals surface area contributed by atoms with Gasteiger partial charge in [0.15, 0.2) is 0 Å². The van der Waals surface area contributed by atoms with Gasteiger partial charge >= 0.3 is 6.09 Å². The van der Waals surface area contributed by atoms with Gasteiger partial charge in [0.25, 0.3) is 0 Å². The lowest BCUT2D eigenvalue weighted by atomic mass is 9.98. The number of nitriles is 1. The summed E-state index contributed by atoms with van der Waals surface area (Å²) >= 11 is 0. The Labute approximate surface area is 176 Å². The van der Waals surface area contributed by atoms with E-state index in [0.29, 0.717) is 25.1 Å². The van der Waals surface area contributed by atoms with Crippen LogP contribution in [0.5, 0.6) is 0 Å². The van der Waals surface area contributed by atoms with Crippen LogP contribution in [0.15, 0.2) is 72.8 Å². The number of carbonyl (C=O) groups excluding carboxylic acids is 1.